The normalized spacial score (nSPS) is 21.5. The Kier molecular flexibility index (Phi) is 3.61. The van der Waals surface area contributed by atoms with Crippen LogP contribution in [0.3, 0.4) is 0 Å². The maximum absolute atomic E-state index is 5.73. The number of rotatable bonds is 2. The van der Waals surface area contributed by atoms with E-state index < -0.39 is 0 Å². The van der Waals surface area contributed by atoms with Gasteiger partial charge < -0.3 is 9.80 Å². The molecule has 0 aromatic carbocycles. The molecule has 1 atom stereocenters. The molecule has 0 radical (unpaired) electrons. The minimum atomic E-state index is 0.449. The highest BCUT2D eigenvalue weighted by molar-refractivity contribution is 6.29. The van der Waals surface area contributed by atoms with Crippen molar-refractivity contribution >= 4 is 17.4 Å². The van der Waals surface area contributed by atoms with Crippen LogP contribution >= 0.6 is 11.6 Å². The summed E-state index contributed by atoms with van der Waals surface area (Å²) in [5.41, 5.74) is 0. The smallest absolute Gasteiger partial charge is 0.151 e. The third kappa shape index (κ3) is 2.62. The predicted octanol–water partition coefficient (Wildman–Crippen LogP) is 1.66. The lowest BCUT2D eigenvalue weighted by molar-refractivity contribution is 0.257. The van der Waals surface area contributed by atoms with Crippen LogP contribution in [-0.4, -0.2) is 48.3 Å². The van der Waals surface area contributed by atoms with Gasteiger partial charge in [-0.3, -0.25) is 0 Å². The maximum atomic E-state index is 5.73. The van der Waals surface area contributed by atoms with E-state index in [1.54, 1.807) is 6.07 Å². The van der Waals surface area contributed by atoms with Crippen molar-refractivity contribution in [3.8, 4) is 0 Å². The van der Waals surface area contributed by atoms with E-state index in [1.165, 1.54) is 12.8 Å². The molecule has 1 aromatic rings. The van der Waals surface area contributed by atoms with Crippen LogP contribution in [0, 0.1) is 0 Å². The largest absolute Gasteiger partial charge is 0.354 e. The topological polar surface area (TPSA) is 32.3 Å². The highest BCUT2D eigenvalue weighted by atomic mass is 35.5. The van der Waals surface area contributed by atoms with Crippen LogP contribution in [-0.2, 0) is 0 Å². The van der Waals surface area contributed by atoms with Crippen LogP contribution in [0.5, 0.6) is 0 Å². The van der Waals surface area contributed by atoms with Crippen LogP contribution in [0.15, 0.2) is 12.1 Å². The number of anilines is 1. The molecule has 2 rings (SSSR count). The van der Waals surface area contributed by atoms with Gasteiger partial charge in [-0.25, -0.2) is 0 Å². The summed E-state index contributed by atoms with van der Waals surface area (Å²) in [6.07, 6.45) is 2.46. The zero-order chi connectivity index (χ0) is 11.5. The molecule has 4 nitrogen and oxygen atoms in total. The molecule has 1 fully saturated rings. The van der Waals surface area contributed by atoms with Gasteiger partial charge in [0.05, 0.1) is 0 Å². The van der Waals surface area contributed by atoms with Gasteiger partial charge in [0.15, 0.2) is 11.0 Å². The molecule has 1 saturated heterocycles. The fourth-order valence-corrected chi connectivity index (χ4v) is 2.16. The molecule has 1 unspecified atom stereocenters. The van der Waals surface area contributed by atoms with E-state index in [9.17, 15) is 0 Å². The summed E-state index contributed by atoms with van der Waals surface area (Å²) in [4.78, 5) is 4.55. The van der Waals surface area contributed by atoms with E-state index >= 15 is 0 Å². The van der Waals surface area contributed by atoms with Gasteiger partial charge in [0, 0.05) is 19.1 Å². The van der Waals surface area contributed by atoms with Crippen LogP contribution in [0.2, 0.25) is 5.15 Å². The quantitative estimate of drug-likeness (QED) is 0.787. The van der Waals surface area contributed by atoms with Crippen molar-refractivity contribution in [2.24, 2.45) is 0 Å². The molecule has 0 amide bonds. The van der Waals surface area contributed by atoms with Crippen molar-refractivity contribution in [1.82, 2.24) is 15.1 Å². The molecule has 1 aliphatic rings. The number of hydrogen-bond donors (Lipinski definition) is 0. The number of hydrogen-bond acceptors (Lipinski definition) is 4. The molecule has 0 N–H and O–H groups in total. The summed E-state index contributed by atoms with van der Waals surface area (Å²) in [6.45, 7) is 2.07. The van der Waals surface area contributed by atoms with Crippen LogP contribution in [0.25, 0.3) is 0 Å². The van der Waals surface area contributed by atoms with Gasteiger partial charge in [-0.2, -0.15) is 0 Å². The molecule has 0 aliphatic carbocycles. The van der Waals surface area contributed by atoms with Crippen molar-refractivity contribution < 1.29 is 0 Å². The fourth-order valence-electron chi connectivity index (χ4n) is 2.06. The Balaban J connectivity index is 2.06. The zero-order valence-corrected chi connectivity index (χ0v) is 10.5. The first-order valence-corrected chi connectivity index (χ1v) is 5.95. The molecule has 1 aliphatic heterocycles. The van der Waals surface area contributed by atoms with Gasteiger partial charge in [-0.1, -0.05) is 11.6 Å². The first-order chi connectivity index (χ1) is 7.66. The molecule has 1 aromatic heterocycles. The predicted molar refractivity (Wildman–Crippen MR) is 66.0 cm³/mol. The SMILES string of the molecule is CN(C)C1CCCN(c2ccc(Cl)nn2)C1. The Labute approximate surface area is 101 Å². The van der Waals surface area contributed by atoms with Gasteiger partial charge in [0.1, 0.15) is 0 Å². The molecular formula is C11H17ClN4. The van der Waals surface area contributed by atoms with Gasteiger partial charge in [0.2, 0.25) is 0 Å². The molecule has 16 heavy (non-hydrogen) atoms. The van der Waals surface area contributed by atoms with Crippen LogP contribution in [0.4, 0.5) is 5.82 Å². The maximum Gasteiger partial charge on any atom is 0.151 e. The van der Waals surface area contributed by atoms with E-state index in [4.69, 9.17) is 11.6 Å². The lowest BCUT2D eigenvalue weighted by Gasteiger charge is -2.36. The van der Waals surface area contributed by atoms with Crippen molar-refractivity contribution in [3.63, 3.8) is 0 Å². The lowest BCUT2D eigenvalue weighted by atomic mass is 10.1. The van der Waals surface area contributed by atoms with E-state index in [0.29, 0.717) is 11.2 Å². The van der Waals surface area contributed by atoms with Gasteiger partial charge >= 0.3 is 0 Å². The monoisotopic (exact) mass is 240 g/mol. The number of aromatic nitrogens is 2. The van der Waals surface area contributed by atoms with Gasteiger partial charge in [0.25, 0.3) is 0 Å². The average molecular weight is 241 g/mol. The molecule has 0 bridgehead atoms. The minimum absolute atomic E-state index is 0.449. The highest BCUT2D eigenvalue weighted by Crippen LogP contribution is 2.19. The lowest BCUT2D eigenvalue weighted by Crippen LogP contribution is -2.45. The van der Waals surface area contributed by atoms with E-state index in [1.807, 2.05) is 6.07 Å². The van der Waals surface area contributed by atoms with Gasteiger partial charge in [-0.15, -0.1) is 10.2 Å². The third-order valence-corrected chi connectivity index (χ3v) is 3.27. The van der Waals surface area contributed by atoms with Crippen LogP contribution < -0.4 is 4.90 Å². The molecule has 0 saturated carbocycles. The Morgan fingerprint density at radius 3 is 2.81 bits per heavy atom. The van der Waals surface area contributed by atoms with Crippen molar-refractivity contribution in [1.29, 1.82) is 0 Å². The van der Waals surface area contributed by atoms with E-state index in [2.05, 4.69) is 34.1 Å². The summed E-state index contributed by atoms with van der Waals surface area (Å²) in [6, 6.07) is 4.34. The molecule has 88 valence electrons. The second-order valence-corrected chi connectivity index (χ2v) is 4.81. The fraction of sp³-hybridized carbons (Fsp3) is 0.636. The van der Waals surface area contributed by atoms with E-state index in [-0.39, 0.29) is 0 Å². The van der Waals surface area contributed by atoms with E-state index in [0.717, 1.165) is 18.9 Å². The van der Waals surface area contributed by atoms with Crippen molar-refractivity contribution in [2.45, 2.75) is 18.9 Å². The Morgan fingerprint density at radius 1 is 1.38 bits per heavy atom. The van der Waals surface area contributed by atoms with Crippen molar-refractivity contribution in [3.05, 3.63) is 17.3 Å². The number of likely N-dealkylation sites (N-methyl/N-ethyl adjacent to an activating group) is 1. The summed E-state index contributed by atoms with van der Waals surface area (Å²) in [7, 11) is 4.25. The summed E-state index contributed by atoms with van der Waals surface area (Å²) >= 11 is 5.73. The Bertz CT molecular complexity index is 338. The minimum Gasteiger partial charge on any atom is -0.354 e. The Morgan fingerprint density at radius 2 is 2.19 bits per heavy atom. The number of piperidine rings is 1. The first-order valence-electron chi connectivity index (χ1n) is 5.57. The second-order valence-electron chi connectivity index (χ2n) is 4.42. The summed E-state index contributed by atoms with van der Waals surface area (Å²) in [5.74, 6) is 0.927. The van der Waals surface area contributed by atoms with Gasteiger partial charge in [-0.05, 0) is 39.1 Å². The highest BCUT2D eigenvalue weighted by Gasteiger charge is 2.22. The zero-order valence-electron chi connectivity index (χ0n) is 9.73. The summed E-state index contributed by atoms with van der Waals surface area (Å²) < 4.78 is 0. The van der Waals surface area contributed by atoms with Crippen LogP contribution in [0.1, 0.15) is 12.8 Å². The second kappa shape index (κ2) is 4.97. The number of nitrogens with zero attached hydrogens (tertiary/aromatic N) is 4. The first kappa shape index (κ1) is 11.6. The standard InChI is InChI=1S/C11H17ClN4/c1-15(2)9-4-3-7-16(8-9)11-6-5-10(12)13-14-11/h5-6,9H,3-4,7-8H2,1-2H3. The molecule has 0 spiro atoms. The molecule has 2 heterocycles. The number of halogens is 1. The Hall–Kier alpha value is -0.870. The third-order valence-electron chi connectivity index (χ3n) is 3.07. The summed E-state index contributed by atoms with van der Waals surface area (Å²) in [5, 5.41) is 8.45. The molecule has 5 heteroatoms. The molecular weight excluding hydrogens is 224 g/mol. The van der Waals surface area contributed by atoms with Crippen molar-refractivity contribution in [2.75, 3.05) is 32.1 Å². The average Bonchev–Trinajstić information content (AvgIpc) is 2.30.